The van der Waals surface area contributed by atoms with Gasteiger partial charge >= 0.3 is 0 Å². The van der Waals surface area contributed by atoms with Gasteiger partial charge in [0.25, 0.3) is 0 Å². The van der Waals surface area contributed by atoms with E-state index in [1.165, 1.54) is 0 Å². The normalized spacial score (nSPS) is 11.1. The smallest absolute Gasteiger partial charge is 0.0839 e. The second-order valence-corrected chi connectivity index (χ2v) is 3.73. The van der Waals surface area contributed by atoms with Crippen molar-refractivity contribution < 1.29 is 0 Å². The molecule has 0 amide bonds. The van der Waals surface area contributed by atoms with E-state index in [4.69, 9.17) is 0 Å². The molecule has 0 unspecified atom stereocenters. The Morgan fingerprint density at radius 3 is 2.85 bits per heavy atom. The molecule has 1 aromatic heterocycles. The van der Waals surface area contributed by atoms with E-state index in [-0.39, 0.29) is 0 Å². The molecular formula is C9H18N4. The number of rotatable bonds is 5. The summed E-state index contributed by atoms with van der Waals surface area (Å²) in [7, 11) is 1.89. The molecule has 1 rings (SSSR count). The van der Waals surface area contributed by atoms with Gasteiger partial charge < -0.3 is 5.32 Å². The van der Waals surface area contributed by atoms with Crippen LogP contribution in [0.15, 0.2) is 6.20 Å². The van der Waals surface area contributed by atoms with Crippen LogP contribution in [0, 0.1) is 5.92 Å². The molecule has 0 aliphatic carbocycles. The van der Waals surface area contributed by atoms with Crippen LogP contribution in [0.2, 0.25) is 0 Å². The highest BCUT2D eigenvalue weighted by Gasteiger charge is 1.97. The number of aryl methyl sites for hydroxylation is 1. The van der Waals surface area contributed by atoms with Gasteiger partial charge in [0.15, 0.2) is 0 Å². The van der Waals surface area contributed by atoms with Gasteiger partial charge in [0.05, 0.1) is 5.69 Å². The van der Waals surface area contributed by atoms with Gasteiger partial charge in [-0.1, -0.05) is 19.1 Å². The molecule has 0 fully saturated rings. The van der Waals surface area contributed by atoms with Gasteiger partial charge in [-0.3, -0.25) is 4.68 Å². The van der Waals surface area contributed by atoms with Crippen molar-refractivity contribution in [1.82, 2.24) is 20.3 Å². The van der Waals surface area contributed by atoms with Crippen molar-refractivity contribution in [3.8, 4) is 0 Å². The van der Waals surface area contributed by atoms with Crippen molar-refractivity contribution in [2.75, 3.05) is 13.1 Å². The Labute approximate surface area is 79.3 Å². The Balaban J connectivity index is 2.13. The summed E-state index contributed by atoms with van der Waals surface area (Å²) in [5.74, 6) is 0.710. The van der Waals surface area contributed by atoms with E-state index in [1.807, 2.05) is 13.2 Å². The van der Waals surface area contributed by atoms with Gasteiger partial charge in [-0.25, -0.2) is 0 Å². The third-order valence-corrected chi connectivity index (χ3v) is 1.76. The minimum atomic E-state index is 0.710. The molecule has 1 N–H and O–H groups in total. The van der Waals surface area contributed by atoms with Crippen LogP contribution in [-0.4, -0.2) is 28.1 Å². The van der Waals surface area contributed by atoms with E-state index >= 15 is 0 Å². The summed E-state index contributed by atoms with van der Waals surface area (Å²) in [4.78, 5) is 0. The number of hydrogen-bond donors (Lipinski definition) is 1. The molecule has 13 heavy (non-hydrogen) atoms. The van der Waals surface area contributed by atoms with Gasteiger partial charge in [0, 0.05) is 26.2 Å². The van der Waals surface area contributed by atoms with Gasteiger partial charge in [-0.05, 0) is 12.5 Å². The second-order valence-electron chi connectivity index (χ2n) is 3.73. The first-order valence-electron chi connectivity index (χ1n) is 4.74. The first-order valence-corrected chi connectivity index (χ1v) is 4.74. The van der Waals surface area contributed by atoms with Crippen molar-refractivity contribution in [1.29, 1.82) is 0 Å². The highest BCUT2D eigenvalue weighted by molar-refractivity contribution is 4.92. The standard InChI is InChI=1S/C9H18N4/c1-8(2)6-10-5-4-9-7-13(3)12-11-9/h7-8,10H,4-6H2,1-3H3. The largest absolute Gasteiger partial charge is 0.316 e. The summed E-state index contributed by atoms with van der Waals surface area (Å²) >= 11 is 0. The molecule has 0 saturated heterocycles. The Morgan fingerprint density at radius 2 is 2.31 bits per heavy atom. The van der Waals surface area contributed by atoms with E-state index in [9.17, 15) is 0 Å². The fraction of sp³-hybridized carbons (Fsp3) is 0.778. The Bertz CT molecular complexity index is 242. The Hall–Kier alpha value is -0.900. The molecule has 74 valence electrons. The SMILES string of the molecule is CC(C)CNCCc1cn(C)nn1. The fourth-order valence-electron chi connectivity index (χ4n) is 1.12. The molecular weight excluding hydrogens is 164 g/mol. The molecule has 0 saturated carbocycles. The third kappa shape index (κ3) is 4.03. The molecule has 0 aliphatic heterocycles. The topological polar surface area (TPSA) is 42.7 Å². The maximum atomic E-state index is 4.01. The fourth-order valence-corrected chi connectivity index (χ4v) is 1.12. The van der Waals surface area contributed by atoms with Crippen LogP contribution < -0.4 is 5.32 Å². The van der Waals surface area contributed by atoms with Crippen LogP contribution in [0.25, 0.3) is 0 Å². The second kappa shape index (κ2) is 4.97. The average molecular weight is 182 g/mol. The van der Waals surface area contributed by atoms with E-state index in [1.54, 1.807) is 4.68 Å². The quantitative estimate of drug-likeness (QED) is 0.678. The molecule has 0 atom stereocenters. The Kier molecular flexibility index (Phi) is 3.89. The molecule has 4 heteroatoms. The first-order chi connectivity index (χ1) is 6.18. The lowest BCUT2D eigenvalue weighted by Gasteiger charge is -2.05. The predicted octanol–water partition coefficient (Wildman–Crippen LogP) is 0.603. The van der Waals surface area contributed by atoms with Crippen LogP contribution in [0.5, 0.6) is 0 Å². The Morgan fingerprint density at radius 1 is 1.54 bits per heavy atom. The van der Waals surface area contributed by atoms with Gasteiger partial charge in [0.2, 0.25) is 0 Å². The maximum absolute atomic E-state index is 4.01. The lowest BCUT2D eigenvalue weighted by Crippen LogP contribution is -2.22. The zero-order valence-electron chi connectivity index (χ0n) is 8.62. The van der Waals surface area contributed by atoms with Crippen LogP contribution in [0.1, 0.15) is 19.5 Å². The summed E-state index contributed by atoms with van der Waals surface area (Å²) in [6.07, 6.45) is 2.91. The van der Waals surface area contributed by atoms with Crippen molar-refractivity contribution in [2.24, 2.45) is 13.0 Å². The van der Waals surface area contributed by atoms with E-state index in [0.29, 0.717) is 5.92 Å². The summed E-state index contributed by atoms with van der Waals surface area (Å²) in [6.45, 7) is 6.46. The zero-order valence-corrected chi connectivity index (χ0v) is 8.62. The predicted molar refractivity (Wildman–Crippen MR) is 52.4 cm³/mol. The number of hydrogen-bond acceptors (Lipinski definition) is 3. The zero-order chi connectivity index (χ0) is 9.68. The van der Waals surface area contributed by atoms with Crippen molar-refractivity contribution in [2.45, 2.75) is 20.3 Å². The lowest BCUT2D eigenvalue weighted by molar-refractivity contribution is 0.552. The molecule has 0 aliphatic rings. The highest BCUT2D eigenvalue weighted by Crippen LogP contribution is 1.92. The summed E-state index contributed by atoms with van der Waals surface area (Å²) in [5.41, 5.74) is 1.05. The maximum Gasteiger partial charge on any atom is 0.0839 e. The van der Waals surface area contributed by atoms with Crippen molar-refractivity contribution in [3.63, 3.8) is 0 Å². The molecule has 0 spiro atoms. The molecule has 0 aromatic carbocycles. The van der Waals surface area contributed by atoms with E-state index < -0.39 is 0 Å². The van der Waals surface area contributed by atoms with Crippen LogP contribution in [-0.2, 0) is 13.5 Å². The first kappa shape index (κ1) is 10.2. The van der Waals surface area contributed by atoms with E-state index in [0.717, 1.165) is 25.2 Å². The molecule has 1 heterocycles. The lowest BCUT2D eigenvalue weighted by atomic mass is 10.2. The van der Waals surface area contributed by atoms with Gasteiger partial charge in [-0.15, -0.1) is 5.10 Å². The highest BCUT2D eigenvalue weighted by atomic mass is 15.4. The third-order valence-electron chi connectivity index (χ3n) is 1.76. The number of nitrogens with one attached hydrogen (secondary N) is 1. The van der Waals surface area contributed by atoms with Crippen LogP contribution in [0.4, 0.5) is 0 Å². The van der Waals surface area contributed by atoms with Gasteiger partial charge in [0.1, 0.15) is 0 Å². The van der Waals surface area contributed by atoms with Crippen LogP contribution in [0.3, 0.4) is 0 Å². The average Bonchev–Trinajstić information content (AvgIpc) is 2.45. The monoisotopic (exact) mass is 182 g/mol. The molecule has 0 bridgehead atoms. The summed E-state index contributed by atoms with van der Waals surface area (Å²) < 4.78 is 1.73. The van der Waals surface area contributed by atoms with Crippen molar-refractivity contribution in [3.05, 3.63) is 11.9 Å². The minimum Gasteiger partial charge on any atom is -0.316 e. The summed E-state index contributed by atoms with van der Waals surface area (Å²) in [5, 5.41) is 11.2. The van der Waals surface area contributed by atoms with Crippen molar-refractivity contribution >= 4 is 0 Å². The number of nitrogens with zero attached hydrogens (tertiary/aromatic N) is 3. The van der Waals surface area contributed by atoms with Crippen LogP contribution >= 0.6 is 0 Å². The number of aromatic nitrogens is 3. The summed E-state index contributed by atoms with van der Waals surface area (Å²) in [6, 6.07) is 0. The molecule has 4 nitrogen and oxygen atoms in total. The molecule has 1 aromatic rings. The molecule has 0 radical (unpaired) electrons. The van der Waals surface area contributed by atoms with Gasteiger partial charge in [-0.2, -0.15) is 0 Å². The van der Waals surface area contributed by atoms with E-state index in [2.05, 4.69) is 29.5 Å². The minimum absolute atomic E-state index is 0.710.